The van der Waals surface area contributed by atoms with Crippen molar-refractivity contribution in [1.82, 2.24) is 0 Å². The number of rotatable bonds is 75. The molecule has 5 atom stereocenters. The van der Waals surface area contributed by atoms with Gasteiger partial charge in [0.2, 0.25) is 0 Å². The highest BCUT2D eigenvalue weighted by molar-refractivity contribution is 7.47. The van der Waals surface area contributed by atoms with Crippen LogP contribution in [0.2, 0.25) is 0 Å². The summed E-state index contributed by atoms with van der Waals surface area (Å²) in [5, 5.41) is 10.6. The van der Waals surface area contributed by atoms with Crippen molar-refractivity contribution in [2.24, 2.45) is 0 Å². The molecule has 0 bridgehead atoms. The van der Waals surface area contributed by atoms with Crippen LogP contribution in [0, 0.1) is 0 Å². The molecule has 0 radical (unpaired) electrons. The number of esters is 4. The topological polar surface area (TPSA) is 237 Å². The second kappa shape index (κ2) is 77.8. The van der Waals surface area contributed by atoms with Gasteiger partial charge in [-0.05, 0) is 167 Å². The Morgan fingerprint density at radius 1 is 0.274 bits per heavy atom. The average Bonchev–Trinajstić information content (AvgIpc) is 0.901. The standard InChI is InChI=1S/C87H144O17P2/c1-5-9-13-17-21-25-29-32-35-38-40-43-45-48-52-55-59-63-67-71-84(89)97-77-82(103-86(91)73-69-65-61-57-51-28-24-20-16-12-8-4)79-101-105(93,94)99-75-81(88)76-100-106(95,96)102-80-83(104-87(92)74-70-66-62-58-54-50-47-42-37-34-31-27-23-19-15-11-7-3)78-98-85(90)72-68-64-60-56-53-49-46-44-41-39-36-33-30-26-22-18-14-10-6-2/h9,11,13,15,20-27,32-37,40-41,43-44,47-48,50,52,81-83,88H,5-8,10,12,14,16-19,28-31,38-39,42,45-46,49,51,53-80H2,1-4H3,(H,93,94)(H,95,96)/b13-9-,15-11-,24-20-,25-21-,26-22-,27-23-,35-32-,36-33-,37-34-,43-40-,44-41-,50-47-,52-48-. The smallest absolute Gasteiger partial charge is 0.462 e. The van der Waals surface area contributed by atoms with Crippen LogP contribution in [0.5, 0.6) is 0 Å². The molecule has 0 saturated carbocycles. The Hall–Kier alpha value is -5.32. The maximum atomic E-state index is 13.1. The lowest BCUT2D eigenvalue weighted by molar-refractivity contribution is -0.161. The molecule has 604 valence electrons. The molecule has 0 heterocycles. The van der Waals surface area contributed by atoms with Gasteiger partial charge in [-0.2, -0.15) is 0 Å². The van der Waals surface area contributed by atoms with E-state index >= 15 is 0 Å². The number of allylic oxidation sites excluding steroid dienone is 26. The monoisotopic (exact) mass is 1520 g/mol. The van der Waals surface area contributed by atoms with Crippen LogP contribution in [-0.2, 0) is 65.4 Å². The fourth-order valence-corrected chi connectivity index (χ4v) is 11.9. The molecule has 0 amide bonds. The normalized spacial score (nSPS) is 14.7. The number of aliphatic hydroxyl groups excluding tert-OH is 1. The molecular formula is C87H144O17P2. The molecule has 0 aliphatic rings. The number of ether oxygens (including phenoxy) is 4. The van der Waals surface area contributed by atoms with E-state index in [-0.39, 0.29) is 25.7 Å². The third-order valence-corrected chi connectivity index (χ3v) is 18.4. The first-order chi connectivity index (χ1) is 51.7. The Labute approximate surface area is 642 Å². The molecule has 0 aromatic heterocycles. The van der Waals surface area contributed by atoms with Gasteiger partial charge in [0.1, 0.15) is 19.3 Å². The highest BCUT2D eigenvalue weighted by Gasteiger charge is 2.30. The summed E-state index contributed by atoms with van der Waals surface area (Å²) >= 11 is 0. The number of carbonyl (C=O) groups excluding carboxylic acids is 4. The van der Waals surface area contributed by atoms with Crippen molar-refractivity contribution in [2.75, 3.05) is 39.6 Å². The quantitative estimate of drug-likeness (QED) is 0.0169. The molecule has 19 heteroatoms. The highest BCUT2D eigenvalue weighted by atomic mass is 31.2. The number of hydrogen-bond donors (Lipinski definition) is 3. The molecule has 106 heavy (non-hydrogen) atoms. The molecule has 0 saturated heterocycles. The number of phosphoric acid groups is 2. The third-order valence-electron chi connectivity index (χ3n) is 16.5. The minimum Gasteiger partial charge on any atom is -0.462 e. The van der Waals surface area contributed by atoms with E-state index in [4.69, 9.17) is 37.0 Å². The molecule has 0 fully saturated rings. The van der Waals surface area contributed by atoms with Crippen molar-refractivity contribution >= 4 is 39.5 Å². The maximum absolute atomic E-state index is 13.1. The fraction of sp³-hybridized carbons (Fsp3) is 0.655. The number of hydrogen-bond acceptors (Lipinski definition) is 15. The van der Waals surface area contributed by atoms with Gasteiger partial charge in [-0.3, -0.25) is 37.3 Å². The van der Waals surface area contributed by atoms with E-state index in [1.54, 1.807) is 0 Å². The zero-order valence-electron chi connectivity index (χ0n) is 66.1. The number of carbonyl (C=O) groups is 4. The van der Waals surface area contributed by atoms with Crippen molar-refractivity contribution in [3.8, 4) is 0 Å². The zero-order valence-corrected chi connectivity index (χ0v) is 67.8. The lowest BCUT2D eigenvalue weighted by Crippen LogP contribution is -2.30. The van der Waals surface area contributed by atoms with Gasteiger partial charge in [0.15, 0.2) is 12.2 Å². The Kier molecular flexibility index (Phi) is 73.9. The molecule has 0 aliphatic carbocycles. The summed E-state index contributed by atoms with van der Waals surface area (Å²) in [5.74, 6) is -2.27. The zero-order chi connectivity index (χ0) is 77.4. The predicted octanol–water partition coefficient (Wildman–Crippen LogP) is 24.0. The van der Waals surface area contributed by atoms with Crippen molar-refractivity contribution in [2.45, 2.75) is 329 Å². The second-order valence-corrected chi connectivity index (χ2v) is 29.5. The first-order valence-corrected chi connectivity index (χ1v) is 43.7. The summed E-state index contributed by atoms with van der Waals surface area (Å²) in [7, 11) is -9.99. The summed E-state index contributed by atoms with van der Waals surface area (Å²) in [6, 6.07) is 0. The summed E-state index contributed by atoms with van der Waals surface area (Å²) in [5.41, 5.74) is 0. The Balaban J connectivity index is 5.40. The van der Waals surface area contributed by atoms with Crippen LogP contribution in [-0.4, -0.2) is 96.7 Å². The van der Waals surface area contributed by atoms with Crippen LogP contribution in [0.15, 0.2) is 158 Å². The number of aliphatic hydroxyl groups is 1. The summed E-state index contributed by atoms with van der Waals surface area (Å²) in [6.07, 6.45) is 90.8. The van der Waals surface area contributed by atoms with E-state index in [0.29, 0.717) is 25.7 Å². The number of unbranched alkanes of at least 4 members (excludes halogenated alkanes) is 23. The molecule has 0 spiro atoms. The summed E-state index contributed by atoms with van der Waals surface area (Å²) in [6.45, 7) is 4.49. The second-order valence-electron chi connectivity index (χ2n) is 26.6. The van der Waals surface area contributed by atoms with Crippen LogP contribution in [0.3, 0.4) is 0 Å². The van der Waals surface area contributed by atoms with Gasteiger partial charge in [-0.15, -0.1) is 0 Å². The van der Waals surface area contributed by atoms with Crippen LogP contribution < -0.4 is 0 Å². The molecule has 0 rings (SSSR count). The molecule has 17 nitrogen and oxygen atoms in total. The molecule has 3 N–H and O–H groups in total. The van der Waals surface area contributed by atoms with E-state index in [1.807, 2.05) is 0 Å². The van der Waals surface area contributed by atoms with Crippen LogP contribution >= 0.6 is 15.6 Å². The van der Waals surface area contributed by atoms with Crippen molar-refractivity contribution in [3.63, 3.8) is 0 Å². The Morgan fingerprint density at radius 2 is 0.500 bits per heavy atom. The van der Waals surface area contributed by atoms with Gasteiger partial charge < -0.3 is 33.8 Å². The van der Waals surface area contributed by atoms with Gasteiger partial charge in [0.25, 0.3) is 0 Å². The first kappa shape index (κ1) is 101. The molecular weight excluding hydrogens is 1380 g/mol. The SMILES string of the molecule is CC/C=C\C/C=C\C/C=C\C/C=C\C/C=C\CCCCCC(=O)OCC(COP(=O)(O)OCC(O)COP(=O)(O)OCC(COC(=O)CCCCCCCC/C=C\C/C=C\C/C=C\CCCCC)OC(=O)CCCCCC/C=C\C/C=C\C/C=C\C/C=C\CC)OC(=O)CCCCCCC/C=C\CCCC. The fourth-order valence-electron chi connectivity index (χ4n) is 10.3. The molecule has 0 aromatic rings. The summed E-state index contributed by atoms with van der Waals surface area (Å²) < 4.78 is 68.6. The van der Waals surface area contributed by atoms with Crippen molar-refractivity contribution in [3.05, 3.63) is 158 Å². The lowest BCUT2D eigenvalue weighted by Gasteiger charge is -2.21. The Bertz CT molecular complexity index is 2630. The van der Waals surface area contributed by atoms with E-state index in [9.17, 15) is 43.2 Å². The Morgan fingerprint density at radius 3 is 0.802 bits per heavy atom. The maximum Gasteiger partial charge on any atom is 0.472 e. The predicted molar refractivity (Wildman–Crippen MR) is 436 cm³/mol. The first-order valence-electron chi connectivity index (χ1n) is 40.7. The molecule has 0 aliphatic heterocycles. The summed E-state index contributed by atoms with van der Waals surface area (Å²) in [4.78, 5) is 73.1. The van der Waals surface area contributed by atoms with Gasteiger partial charge in [-0.1, -0.05) is 276 Å². The van der Waals surface area contributed by atoms with Crippen LogP contribution in [0.4, 0.5) is 0 Å². The van der Waals surface area contributed by atoms with E-state index in [0.717, 1.165) is 199 Å². The van der Waals surface area contributed by atoms with Crippen molar-refractivity contribution < 1.29 is 80.2 Å². The van der Waals surface area contributed by atoms with E-state index in [2.05, 4.69) is 186 Å². The van der Waals surface area contributed by atoms with E-state index < -0.39 is 97.5 Å². The van der Waals surface area contributed by atoms with E-state index in [1.165, 1.54) is 32.1 Å². The minimum atomic E-state index is -5.00. The van der Waals surface area contributed by atoms with Gasteiger partial charge in [0, 0.05) is 25.7 Å². The largest absolute Gasteiger partial charge is 0.472 e. The molecule has 0 aromatic carbocycles. The van der Waals surface area contributed by atoms with Crippen LogP contribution in [0.25, 0.3) is 0 Å². The lowest BCUT2D eigenvalue weighted by atomic mass is 10.1. The third kappa shape index (κ3) is 76.9. The average molecular weight is 1520 g/mol. The molecule has 5 unspecified atom stereocenters. The highest BCUT2D eigenvalue weighted by Crippen LogP contribution is 2.45. The van der Waals surface area contributed by atoms with Crippen molar-refractivity contribution in [1.29, 1.82) is 0 Å². The van der Waals surface area contributed by atoms with Crippen LogP contribution in [0.1, 0.15) is 310 Å². The minimum absolute atomic E-state index is 0.0585. The van der Waals surface area contributed by atoms with Gasteiger partial charge >= 0.3 is 39.5 Å². The van der Waals surface area contributed by atoms with Gasteiger partial charge in [-0.25, -0.2) is 9.13 Å². The number of phosphoric ester groups is 2. The van der Waals surface area contributed by atoms with Gasteiger partial charge in [0.05, 0.1) is 26.4 Å².